The van der Waals surface area contributed by atoms with Crippen molar-refractivity contribution in [1.29, 1.82) is 5.26 Å². The summed E-state index contributed by atoms with van der Waals surface area (Å²) in [6.45, 7) is 1.37. The number of hydrogen-bond acceptors (Lipinski definition) is 4. The van der Waals surface area contributed by atoms with E-state index in [0.29, 0.717) is 22.9 Å². The molecule has 6 nitrogen and oxygen atoms in total. The summed E-state index contributed by atoms with van der Waals surface area (Å²) < 4.78 is 1.51. The highest BCUT2D eigenvalue weighted by molar-refractivity contribution is 6.33. The molecule has 0 saturated carbocycles. The molecule has 2 aromatic rings. The van der Waals surface area contributed by atoms with E-state index in [1.54, 1.807) is 13.2 Å². The minimum Gasteiger partial charge on any atom is -0.370 e. The van der Waals surface area contributed by atoms with Crippen LogP contribution in [0.2, 0.25) is 5.02 Å². The van der Waals surface area contributed by atoms with Gasteiger partial charge in [0.2, 0.25) is 5.91 Å². The van der Waals surface area contributed by atoms with Gasteiger partial charge in [-0.25, -0.2) is 0 Å². The smallest absolute Gasteiger partial charge is 0.230 e. The minimum absolute atomic E-state index is 0.116. The number of anilines is 2. The SMILES string of the molecule is Cn1cc(C#N)c(NC(=O)[C@@H]2CCN(c3ccccc3Cl)C2)n1. The van der Waals surface area contributed by atoms with Gasteiger partial charge in [-0.1, -0.05) is 23.7 Å². The fourth-order valence-corrected chi connectivity index (χ4v) is 3.04. The van der Waals surface area contributed by atoms with Gasteiger partial charge in [0.25, 0.3) is 0 Å². The van der Waals surface area contributed by atoms with E-state index in [9.17, 15) is 4.79 Å². The minimum atomic E-state index is -0.153. The third-order valence-corrected chi connectivity index (χ3v) is 4.26. The average Bonchev–Trinajstić information content (AvgIpc) is 3.14. The Morgan fingerprint density at radius 2 is 2.26 bits per heavy atom. The van der Waals surface area contributed by atoms with Crippen LogP contribution in [0.15, 0.2) is 30.5 Å². The summed E-state index contributed by atoms with van der Waals surface area (Å²) >= 11 is 6.21. The van der Waals surface area contributed by atoms with Crippen LogP contribution in [-0.4, -0.2) is 28.8 Å². The Bertz CT molecular complexity index is 779. The third kappa shape index (κ3) is 3.15. The molecule has 23 heavy (non-hydrogen) atoms. The van der Waals surface area contributed by atoms with Crippen molar-refractivity contribution in [1.82, 2.24) is 9.78 Å². The van der Waals surface area contributed by atoms with E-state index in [1.807, 2.05) is 30.3 Å². The van der Waals surface area contributed by atoms with Gasteiger partial charge in [0.1, 0.15) is 11.6 Å². The lowest BCUT2D eigenvalue weighted by Gasteiger charge is -2.19. The number of benzene rings is 1. The zero-order valence-electron chi connectivity index (χ0n) is 12.7. The Hall–Kier alpha value is -2.52. The lowest BCUT2D eigenvalue weighted by atomic mass is 10.1. The van der Waals surface area contributed by atoms with Crippen molar-refractivity contribution in [3.05, 3.63) is 41.0 Å². The molecule has 1 aliphatic rings. The molecule has 1 aromatic carbocycles. The molecule has 2 heterocycles. The van der Waals surface area contributed by atoms with Crippen LogP contribution in [-0.2, 0) is 11.8 Å². The number of rotatable bonds is 3. The summed E-state index contributed by atoms with van der Waals surface area (Å²) in [4.78, 5) is 14.5. The number of nitrogens with one attached hydrogen (secondary N) is 1. The summed E-state index contributed by atoms with van der Waals surface area (Å²) in [7, 11) is 1.71. The molecule has 0 spiro atoms. The Balaban J connectivity index is 1.68. The summed E-state index contributed by atoms with van der Waals surface area (Å²) in [6.07, 6.45) is 2.33. The van der Waals surface area contributed by atoms with Crippen molar-refractivity contribution >= 4 is 29.0 Å². The second-order valence-electron chi connectivity index (χ2n) is 5.55. The molecular formula is C16H16ClN5O. The van der Waals surface area contributed by atoms with Crippen LogP contribution in [0.3, 0.4) is 0 Å². The van der Waals surface area contributed by atoms with Gasteiger partial charge < -0.3 is 10.2 Å². The van der Waals surface area contributed by atoms with E-state index in [-0.39, 0.29) is 11.8 Å². The first-order valence-corrected chi connectivity index (χ1v) is 7.70. The normalized spacial score (nSPS) is 17.1. The molecule has 1 fully saturated rings. The van der Waals surface area contributed by atoms with Crippen LogP contribution in [0.4, 0.5) is 11.5 Å². The average molecular weight is 330 g/mol. The number of aryl methyl sites for hydroxylation is 1. The van der Waals surface area contributed by atoms with Crippen molar-refractivity contribution in [2.24, 2.45) is 13.0 Å². The number of carbonyl (C=O) groups is 1. The molecule has 118 valence electrons. The molecule has 0 bridgehead atoms. The molecule has 7 heteroatoms. The molecular weight excluding hydrogens is 314 g/mol. The number of amides is 1. The van der Waals surface area contributed by atoms with Crippen LogP contribution < -0.4 is 10.2 Å². The zero-order chi connectivity index (χ0) is 16.4. The molecule has 0 unspecified atom stereocenters. The molecule has 0 radical (unpaired) electrons. The zero-order valence-corrected chi connectivity index (χ0v) is 13.4. The van der Waals surface area contributed by atoms with Crippen LogP contribution in [0.25, 0.3) is 0 Å². The van der Waals surface area contributed by atoms with E-state index in [0.717, 1.165) is 18.7 Å². The molecule has 1 saturated heterocycles. The van der Waals surface area contributed by atoms with E-state index in [4.69, 9.17) is 16.9 Å². The number of carbonyl (C=O) groups excluding carboxylic acids is 1. The van der Waals surface area contributed by atoms with Crippen molar-refractivity contribution in [2.75, 3.05) is 23.3 Å². The quantitative estimate of drug-likeness (QED) is 0.938. The van der Waals surface area contributed by atoms with Crippen molar-refractivity contribution < 1.29 is 4.79 Å². The standard InChI is InChI=1S/C16H16ClN5O/c1-21-9-12(8-18)15(20-21)19-16(23)11-6-7-22(10-11)14-5-3-2-4-13(14)17/h2-5,9,11H,6-7,10H2,1H3,(H,19,20,23)/t11-/m1/s1. The topological polar surface area (TPSA) is 74.0 Å². The summed E-state index contributed by atoms with van der Waals surface area (Å²) in [5, 5.41) is 16.6. The molecule has 1 aliphatic heterocycles. The number of para-hydroxylation sites is 1. The van der Waals surface area contributed by atoms with Gasteiger partial charge in [-0.05, 0) is 18.6 Å². The molecule has 3 rings (SSSR count). The number of halogens is 1. The maximum atomic E-state index is 12.4. The second-order valence-corrected chi connectivity index (χ2v) is 5.96. The number of aromatic nitrogens is 2. The van der Waals surface area contributed by atoms with E-state index >= 15 is 0 Å². The van der Waals surface area contributed by atoms with Crippen LogP contribution >= 0.6 is 11.6 Å². The molecule has 0 aliphatic carbocycles. The molecule has 1 aromatic heterocycles. The number of nitriles is 1. The number of hydrogen-bond donors (Lipinski definition) is 1. The fourth-order valence-electron chi connectivity index (χ4n) is 2.78. The summed E-state index contributed by atoms with van der Waals surface area (Å²) in [5.74, 6) is 0.0470. The first kappa shape index (κ1) is 15.4. The second kappa shape index (κ2) is 6.31. The van der Waals surface area contributed by atoms with Crippen molar-refractivity contribution in [3.63, 3.8) is 0 Å². The first-order valence-electron chi connectivity index (χ1n) is 7.32. The Morgan fingerprint density at radius 1 is 1.48 bits per heavy atom. The van der Waals surface area contributed by atoms with E-state index in [2.05, 4.69) is 15.3 Å². The van der Waals surface area contributed by atoms with Crippen LogP contribution in [0, 0.1) is 17.2 Å². The van der Waals surface area contributed by atoms with Crippen molar-refractivity contribution in [2.45, 2.75) is 6.42 Å². The Kier molecular flexibility index (Phi) is 4.22. The van der Waals surface area contributed by atoms with Gasteiger partial charge in [0.05, 0.1) is 16.6 Å². The van der Waals surface area contributed by atoms with Crippen LogP contribution in [0.1, 0.15) is 12.0 Å². The Labute approximate surface area is 139 Å². The van der Waals surface area contributed by atoms with Gasteiger partial charge in [-0.15, -0.1) is 0 Å². The van der Waals surface area contributed by atoms with E-state index < -0.39 is 0 Å². The molecule has 1 N–H and O–H groups in total. The third-order valence-electron chi connectivity index (χ3n) is 3.94. The van der Waals surface area contributed by atoms with Gasteiger partial charge in [0.15, 0.2) is 5.82 Å². The monoisotopic (exact) mass is 329 g/mol. The fraction of sp³-hybridized carbons (Fsp3) is 0.312. The van der Waals surface area contributed by atoms with Gasteiger partial charge in [-0.2, -0.15) is 10.4 Å². The van der Waals surface area contributed by atoms with Crippen molar-refractivity contribution in [3.8, 4) is 6.07 Å². The maximum absolute atomic E-state index is 12.4. The predicted molar refractivity (Wildman–Crippen MR) is 88.3 cm³/mol. The summed E-state index contributed by atoms with van der Waals surface area (Å²) in [6, 6.07) is 9.64. The summed E-state index contributed by atoms with van der Waals surface area (Å²) in [5.41, 5.74) is 1.31. The maximum Gasteiger partial charge on any atom is 0.230 e. The van der Waals surface area contributed by atoms with E-state index in [1.165, 1.54) is 4.68 Å². The highest BCUT2D eigenvalue weighted by Crippen LogP contribution is 2.30. The molecule has 1 atom stereocenters. The Morgan fingerprint density at radius 3 is 3.00 bits per heavy atom. The predicted octanol–water partition coefficient (Wildman–Crippen LogP) is 2.41. The lowest BCUT2D eigenvalue weighted by Crippen LogP contribution is -2.27. The van der Waals surface area contributed by atoms with Gasteiger partial charge in [-0.3, -0.25) is 9.48 Å². The van der Waals surface area contributed by atoms with Gasteiger partial charge in [0, 0.05) is 26.3 Å². The van der Waals surface area contributed by atoms with Gasteiger partial charge >= 0.3 is 0 Å². The first-order chi connectivity index (χ1) is 11.1. The lowest BCUT2D eigenvalue weighted by molar-refractivity contribution is -0.119. The van der Waals surface area contributed by atoms with Crippen LogP contribution in [0.5, 0.6) is 0 Å². The largest absolute Gasteiger partial charge is 0.370 e. The molecule has 1 amide bonds. The highest BCUT2D eigenvalue weighted by Gasteiger charge is 2.30. The highest BCUT2D eigenvalue weighted by atomic mass is 35.5. The number of nitrogens with zero attached hydrogens (tertiary/aromatic N) is 4.